The highest BCUT2D eigenvalue weighted by atomic mass is 79.9. The number of Topliss-reactive ketones (excluding diaryl/α,β-unsaturated/α-hetero) is 1. The van der Waals surface area contributed by atoms with Crippen LogP contribution in [0.1, 0.15) is 10.4 Å². The number of carbonyl (C=O) groups excluding carboxylic acids is 1. The molecule has 1 aromatic rings. The van der Waals surface area contributed by atoms with Gasteiger partial charge in [0, 0.05) is 6.07 Å². The molecule has 0 radical (unpaired) electrons. The summed E-state index contributed by atoms with van der Waals surface area (Å²) < 4.78 is 0.658. The van der Waals surface area contributed by atoms with E-state index in [1.54, 1.807) is 18.2 Å². The lowest BCUT2D eigenvalue weighted by Gasteiger charge is -2.60. The molecule has 5 rings (SSSR count). The molecule has 4 aliphatic rings. The second-order valence-electron chi connectivity index (χ2n) is 6.56. The fourth-order valence-electron chi connectivity index (χ4n) is 4.07. The van der Waals surface area contributed by atoms with Crippen molar-refractivity contribution in [1.82, 2.24) is 14.7 Å². The molecule has 0 spiro atoms. The maximum absolute atomic E-state index is 12.7. The molecule has 23 heavy (non-hydrogen) atoms. The first-order valence-electron chi connectivity index (χ1n) is 7.33. The highest BCUT2D eigenvalue weighted by Crippen LogP contribution is 2.29. The van der Waals surface area contributed by atoms with Crippen LogP contribution in [-0.2, 0) is 0 Å². The van der Waals surface area contributed by atoms with Crippen LogP contribution >= 0.6 is 0 Å². The van der Waals surface area contributed by atoms with Crippen molar-refractivity contribution < 1.29 is 31.2 Å². The number of hydrogen-bond donors (Lipinski definition) is 0. The second-order valence-corrected chi connectivity index (χ2v) is 6.56. The van der Waals surface area contributed by atoms with Gasteiger partial charge in [-0.2, -0.15) is 0 Å². The monoisotopic (exact) mass is 383 g/mol. The zero-order chi connectivity index (χ0) is 15.3. The molecule has 0 amide bonds. The van der Waals surface area contributed by atoms with Gasteiger partial charge in [0.05, 0.1) is 24.9 Å². The van der Waals surface area contributed by atoms with Gasteiger partial charge in [-0.15, -0.1) is 0 Å². The predicted molar refractivity (Wildman–Crippen MR) is 77.3 cm³/mol. The van der Waals surface area contributed by atoms with Crippen LogP contribution in [-0.4, -0.2) is 76.4 Å². The minimum absolute atomic E-state index is 0. The summed E-state index contributed by atoms with van der Waals surface area (Å²) in [6.45, 7) is 5.72. The molecule has 0 saturated carbocycles. The van der Waals surface area contributed by atoms with Crippen LogP contribution in [0.3, 0.4) is 0 Å². The Morgan fingerprint density at radius 2 is 1.61 bits per heavy atom. The standard InChI is InChI=1S/C14H18N5O3.BrH/c20-14(12-3-1-2-4-13(12)18(21)22)5-19-9-15-6-16(10-19)8-17(7-15)11-19;/h1-4H,5-11H2;1H/q+1;/p-1. The molecule has 0 N–H and O–H groups in total. The third-order valence-electron chi connectivity index (χ3n) is 4.58. The fraction of sp³-hybridized carbons (Fsp3) is 0.500. The molecular formula is C14H18BrN5O3. The van der Waals surface area contributed by atoms with Gasteiger partial charge >= 0.3 is 0 Å². The Balaban J connectivity index is 0.00000156. The van der Waals surface area contributed by atoms with Gasteiger partial charge in [0.2, 0.25) is 5.78 Å². The fourth-order valence-corrected chi connectivity index (χ4v) is 4.07. The summed E-state index contributed by atoms with van der Waals surface area (Å²) >= 11 is 0. The highest BCUT2D eigenvalue weighted by molar-refractivity contribution is 6.00. The van der Waals surface area contributed by atoms with Crippen LogP contribution < -0.4 is 17.0 Å². The Labute approximate surface area is 144 Å². The van der Waals surface area contributed by atoms with E-state index in [4.69, 9.17) is 0 Å². The summed E-state index contributed by atoms with van der Waals surface area (Å²) in [5.74, 6) is -0.141. The van der Waals surface area contributed by atoms with Crippen molar-refractivity contribution in [2.45, 2.75) is 0 Å². The maximum Gasteiger partial charge on any atom is 0.280 e. The Kier molecular flexibility index (Phi) is 4.23. The van der Waals surface area contributed by atoms with E-state index in [0.29, 0.717) is 11.0 Å². The third-order valence-corrected chi connectivity index (χ3v) is 4.58. The van der Waals surface area contributed by atoms with Gasteiger partial charge in [0.25, 0.3) is 5.69 Å². The summed E-state index contributed by atoms with van der Waals surface area (Å²) in [6.07, 6.45) is 0. The minimum atomic E-state index is -0.476. The summed E-state index contributed by atoms with van der Waals surface area (Å²) in [7, 11) is 0. The third kappa shape index (κ3) is 2.90. The Morgan fingerprint density at radius 3 is 2.13 bits per heavy atom. The Hall–Kier alpha value is -1.39. The number of halogens is 1. The number of nitro groups is 1. The normalized spacial score (nSPS) is 34.0. The van der Waals surface area contributed by atoms with E-state index >= 15 is 0 Å². The number of para-hydroxylation sites is 1. The smallest absolute Gasteiger partial charge is 0.280 e. The quantitative estimate of drug-likeness (QED) is 0.244. The first-order valence-corrected chi connectivity index (χ1v) is 7.33. The number of quaternary nitrogens is 1. The maximum atomic E-state index is 12.7. The average molecular weight is 384 g/mol. The van der Waals surface area contributed by atoms with Crippen molar-refractivity contribution in [3.63, 3.8) is 0 Å². The van der Waals surface area contributed by atoms with Crippen molar-refractivity contribution in [3.8, 4) is 0 Å². The van der Waals surface area contributed by atoms with Gasteiger partial charge in [-0.05, 0) is 6.07 Å². The zero-order valence-electron chi connectivity index (χ0n) is 12.6. The molecule has 0 atom stereocenters. The van der Waals surface area contributed by atoms with Gasteiger partial charge in [-0.1, -0.05) is 12.1 Å². The minimum Gasteiger partial charge on any atom is -1.00 e. The van der Waals surface area contributed by atoms with Crippen molar-refractivity contribution >= 4 is 11.5 Å². The van der Waals surface area contributed by atoms with Crippen LogP contribution in [0.2, 0.25) is 0 Å². The molecule has 1 aromatic carbocycles. The lowest BCUT2D eigenvalue weighted by Crippen LogP contribution is -3.00. The Morgan fingerprint density at radius 1 is 1.09 bits per heavy atom. The molecule has 4 aliphatic heterocycles. The largest absolute Gasteiger partial charge is 1.00 e. The number of ketones is 1. The highest BCUT2D eigenvalue weighted by Gasteiger charge is 2.49. The summed E-state index contributed by atoms with van der Waals surface area (Å²) in [4.78, 5) is 30.3. The molecule has 124 valence electrons. The van der Waals surface area contributed by atoms with Crippen molar-refractivity contribution in [1.29, 1.82) is 0 Å². The molecule has 4 bridgehead atoms. The number of rotatable bonds is 4. The zero-order valence-corrected chi connectivity index (χ0v) is 14.2. The van der Waals surface area contributed by atoms with Crippen molar-refractivity contribution in [2.75, 3.05) is 46.6 Å². The van der Waals surface area contributed by atoms with Crippen LogP contribution in [0.25, 0.3) is 0 Å². The van der Waals surface area contributed by atoms with Gasteiger partial charge in [0.15, 0.2) is 0 Å². The lowest BCUT2D eigenvalue weighted by molar-refractivity contribution is -0.973. The Bertz CT molecular complexity index is 618. The number of carbonyl (C=O) groups is 1. The molecule has 8 nitrogen and oxygen atoms in total. The predicted octanol–water partition coefficient (Wildman–Crippen LogP) is -2.71. The van der Waals surface area contributed by atoms with E-state index in [0.717, 1.165) is 40.0 Å². The van der Waals surface area contributed by atoms with Gasteiger partial charge < -0.3 is 17.0 Å². The van der Waals surface area contributed by atoms with E-state index < -0.39 is 4.92 Å². The van der Waals surface area contributed by atoms with Gasteiger partial charge in [-0.25, -0.2) is 14.7 Å². The van der Waals surface area contributed by atoms with E-state index in [1.165, 1.54) is 6.07 Å². The first-order chi connectivity index (χ1) is 10.5. The average Bonchev–Trinajstić information content (AvgIpc) is 2.45. The molecule has 4 heterocycles. The van der Waals surface area contributed by atoms with Crippen molar-refractivity contribution in [3.05, 3.63) is 39.9 Å². The topological polar surface area (TPSA) is 69.9 Å². The van der Waals surface area contributed by atoms with Gasteiger partial charge in [0.1, 0.15) is 32.1 Å². The summed E-state index contributed by atoms with van der Waals surface area (Å²) in [5.41, 5.74) is 0.128. The lowest BCUT2D eigenvalue weighted by atomic mass is 10.1. The molecule has 4 fully saturated rings. The van der Waals surface area contributed by atoms with E-state index in [-0.39, 0.29) is 34.0 Å². The molecule has 0 aliphatic carbocycles. The molecular weight excluding hydrogens is 366 g/mol. The number of benzene rings is 1. The molecule has 0 aromatic heterocycles. The summed E-state index contributed by atoms with van der Waals surface area (Å²) in [6, 6.07) is 6.24. The summed E-state index contributed by atoms with van der Waals surface area (Å²) in [5, 5.41) is 11.1. The number of hydrogen-bond acceptors (Lipinski definition) is 6. The molecule has 4 saturated heterocycles. The SMILES string of the molecule is O=C(C[N+]12CN3CN(CN(C3)C1)C2)c1ccccc1[N+](=O)[O-].[Br-]. The van der Waals surface area contributed by atoms with Crippen LogP contribution in [0.15, 0.2) is 24.3 Å². The van der Waals surface area contributed by atoms with Crippen LogP contribution in [0, 0.1) is 10.1 Å². The van der Waals surface area contributed by atoms with Gasteiger partial charge in [-0.3, -0.25) is 19.4 Å². The number of nitrogens with zero attached hydrogens (tertiary/aromatic N) is 5. The van der Waals surface area contributed by atoms with E-state index in [1.807, 2.05) is 0 Å². The van der Waals surface area contributed by atoms with E-state index in [2.05, 4.69) is 14.7 Å². The van der Waals surface area contributed by atoms with Crippen LogP contribution in [0.4, 0.5) is 5.69 Å². The molecule has 0 unspecified atom stereocenters. The van der Waals surface area contributed by atoms with Crippen molar-refractivity contribution in [2.24, 2.45) is 0 Å². The van der Waals surface area contributed by atoms with E-state index in [9.17, 15) is 14.9 Å². The van der Waals surface area contributed by atoms with Crippen LogP contribution in [0.5, 0.6) is 0 Å². The second kappa shape index (κ2) is 5.91. The molecule has 9 heteroatoms. The number of nitro benzene ring substituents is 1. The first kappa shape index (κ1) is 16.5.